The largest absolute Gasteiger partial charge is 0.394 e. The lowest BCUT2D eigenvalue weighted by Gasteiger charge is -2.37. The molecule has 1 aromatic carbocycles. The molecule has 3 aromatic heterocycles. The third kappa shape index (κ3) is 4.07. The number of carbonyl (C=O) groups is 2. The van der Waals surface area contributed by atoms with Crippen molar-refractivity contribution in [1.29, 1.82) is 5.26 Å². The maximum absolute atomic E-state index is 13.0. The van der Waals surface area contributed by atoms with E-state index in [1.807, 2.05) is 6.07 Å². The van der Waals surface area contributed by atoms with E-state index in [0.717, 1.165) is 10.9 Å². The molecule has 0 unspecified atom stereocenters. The number of aromatic amines is 1. The SMILES string of the molecule is C[C@@H](NC(=O)c1c[nH]c2ncc(-c3nn(CCO)c4cc(Cl)ccc34)nc12)C(=O)N1CC(C#N)C1. The molecule has 11 nitrogen and oxygen atoms in total. The lowest BCUT2D eigenvalue weighted by Crippen LogP contribution is -2.55. The molecule has 1 fully saturated rings. The molecule has 0 saturated carbocycles. The normalized spacial score (nSPS) is 14.6. The van der Waals surface area contributed by atoms with Crippen LogP contribution in [0.15, 0.2) is 30.6 Å². The summed E-state index contributed by atoms with van der Waals surface area (Å²) in [6, 6.07) is 6.70. The lowest BCUT2D eigenvalue weighted by atomic mass is 10.0. The number of nitriles is 1. The third-order valence-corrected chi connectivity index (χ3v) is 6.22. The van der Waals surface area contributed by atoms with Crippen LogP contribution in [0.3, 0.4) is 0 Å². The fraction of sp³-hybridized carbons (Fsp3) is 0.304. The molecule has 1 aliphatic heterocycles. The summed E-state index contributed by atoms with van der Waals surface area (Å²) in [5.74, 6) is -0.864. The van der Waals surface area contributed by atoms with Crippen molar-refractivity contribution in [3.8, 4) is 17.5 Å². The molecular weight excluding hydrogens is 472 g/mol. The summed E-state index contributed by atoms with van der Waals surface area (Å²) < 4.78 is 1.65. The van der Waals surface area contributed by atoms with Crippen molar-refractivity contribution in [3.63, 3.8) is 0 Å². The number of carbonyl (C=O) groups excluding carboxylic acids is 2. The first kappa shape index (κ1) is 22.8. The number of nitrogens with zero attached hydrogens (tertiary/aromatic N) is 6. The predicted molar refractivity (Wildman–Crippen MR) is 127 cm³/mol. The van der Waals surface area contributed by atoms with Gasteiger partial charge in [-0.3, -0.25) is 14.3 Å². The number of aliphatic hydroxyl groups excluding tert-OH is 1. The van der Waals surface area contributed by atoms with Gasteiger partial charge in [-0.05, 0) is 25.1 Å². The van der Waals surface area contributed by atoms with Crippen LogP contribution in [0.1, 0.15) is 17.3 Å². The fourth-order valence-corrected chi connectivity index (χ4v) is 4.30. The average Bonchev–Trinajstić information content (AvgIpc) is 3.39. The lowest BCUT2D eigenvalue weighted by molar-refractivity contribution is -0.137. The number of aromatic nitrogens is 5. The molecule has 12 heteroatoms. The zero-order chi connectivity index (χ0) is 24.7. The van der Waals surface area contributed by atoms with Gasteiger partial charge in [-0.1, -0.05) is 11.6 Å². The van der Waals surface area contributed by atoms with Gasteiger partial charge in [0.15, 0.2) is 5.65 Å². The summed E-state index contributed by atoms with van der Waals surface area (Å²) >= 11 is 6.15. The van der Waals surface area contributed by atoms with Crippen molar-refractivity contribution in [2.45, 2.75) is 19.5 Å². The molecule has 1 atom stereocenters. The highest BCUT2D eigenvalue weighted by Gasteiger charge is 2.33. The molecule has 178 valence electrons. The molecule has 4 aromatic rings. The number of halogens is 1. The Morgan fingerprint density at radius 3 is 2.94 bits per heavy atom. The minimum absolute atomic E-state index is 0.0962. The van der Waals surface area contributed by atoms with E-state index in [2.05, 4.69) is 31.4 Å². The Kier molecular flexibility index (Phi) is 5.84. The molecule has 35 heavy (non-hydrogen) atoms. The monoisotopic (exact) mass is 492 g/mol. The average molecular weight is 493 g/mol. The predicted octanol–water partition coefficient (Wildman–Crippen LogP) is 1.72. The van der Waals surface area contributed by atoms with Crippen LogP contribution in [-0.2, 0) is 11.3 Å². The highest BCUT2D eigenvalue weighted by Crippen LogP contribution is 2.30. The Balaban J connectivity index is 1.44. The summed E-state index contributed by atoms with van der Waals surface area (Å²) in [6.07, 6.45) is 3.06. The van der Waals surface area contributed by atoms with Gasteiger partial charge in [0.1, 0.15) is 22.9 Å². The summed E-state index contributed by atoms with van der Waals surface area (Å²) in [5, 5.41) is 26.9. The quantitative estimate of drug-likeness (QED) is 0.370. The number of nitrogens with one attached hydrogen (secondary N) is 2. The molecule has 0 bridgehead atoms. The molecule has 2 amide bonds. The number of likely N-dealkylation sites (tertiary alicyclic amines) is 1. The first-order valence-corrected chi connectivity index (χ1v) is 11.4. The van der Waals surface area contributed by atoms with E-state index in [-0.39, 0.29) is 30.5 Å². The van der Waals surface area contributed by atoms with Crippen molar-refractivity contribution in [3.05, 3.63) is 41.2 Å². The van der Waals surface area contributed by atoms with Gasteiger partial charge in [0.05, 0.1) is 42.4 Å². The number of aliphatic hydroxyl groups is 1. The van der Waals surface area contributed by atoms with E-state index < -0.39 is 11.9 Å². The molecule has 0 radical (unpaired) electrons. The number of fused-ring (bicyclic) bond motifs is 2. The van der Waals surface area contributed by atoms with Gasteiger partial charge < -0.3 is 20.3 Å². The number of hydrogen-bond acceptors (Lipinski definition) is 7. The standard InChI is InChI=1S/C23H21ClN8O3/c1-12(23(35)31-10-13(7-25)11-31)28-22(34)16-8-26-21-20(16)29-17(9-27-21)19-15-3-2-14(24)6-18(15)32(30-19)4-5-33/h2-3,6,8-9,12-13,33H,4-5,10-11H2,1H3,(H,26,27)(H,28,34)/t12-/m1/s1. The highest BCUT2D eigenvalue weighted by molar-refractivity contribution is 6.31. The first-order chi connectivity index (χ1) is 16.9. The Labute approximate surface area is 204 Å². The van der Waals surface area contributed by atoms with Crippen LogP contribution in [-0.4, -0.2) is 72.3 Å². The minimum Gasteiger partial charge on any atom is -0.394 e. The van der Waals surface area contributed by atoms with Crippen LogP contribution in [0.25, 0.3) is 33.5 Å². The number of H-pyrrole nitrogens is 1. The maximum Gasteiger partial charge on any atom is 0.255 e. The van der Waals surface area contributed by atoms with E-state index in [1.54, 1.807) is 34.8 Å². The second-order valence-electron chi connectivity index (χ2n) is 8.38. The van der Waals surface area contributed by atoms with Crippen molar-refractivity contribution >= 4 is 45.5 Å². The Hall–Kier alpha value is -4.01. The van der Waals surface area contributed by atoms with Crippen molar-refractivity contribution in [1.82, 2.24) is 34.9 Å². The summed E-state index contributed by atoms with van der Waals surface area (Å²) in [7, 11) is 0. The van der Waals surface area contributed by atoms with Crippen LogP contribution < -0.4 is 5.32 Å². The van der Waals surface area contributed by atoms with Gasteiger partial charge in [0.25, 0.3) is 5.91 Å². The summed E-state index contributed by atoms with van der Waals surface area (Å²) in [4.78, 5) is 39.0. The highest BCUT2D eigenvalue weighted by atomic mass is 35.5. The zero-order valence-corrected chi connectivity index (χ0v) is 19.5. The number of benzene rings is 1. The van der Waals surface area contributed by atoms with E-state index in [9.17, 15) is 14.7 Å². The molecule has 5 rings (SSSR count). The van der Waals surface area contributed by atoms with E-state index in [4.69, 9.17) is 16.9 Å². The Bertz CT molecular complexity index is 1500. The maximum atomic E-state index is 13.0. The molecule has 4 heterocycles. The topological polar surface area (TPSA) is 153 Å². The van der Waals surface area contributed by atoms with Gasteiger partial charge in [-0.2, -0.15) is 10.4 Å². The number of rotatable bonds is 6. The van der Waals surface area contributed by atoms with Crippen molar-refractivity contribution in [2.75, 3.05) is 19.7 Å². The molecule has 0 spiro atoms. The van der Waals surface area contributed by atoms with Crippen LogP contribution >= 0.6 is 11.6 Å². The van der Waals surface area contributed by atoms with Crippen LogP contribution in [0.4, 0.5) is 0 Å². The number of hydrogen-bond donors (Lipinski definition) is 3. The molecule has 1 aliphatic rings. The van der Waals surface area contributed by atoms with Gasteiger partial charge >= 0.3 is 0 Å². The number of amides is 2. The van der Waals surface area contributed by atoms with E-state index in [1.165, 1.54) is 6.20 Å². The molecule has 1 saturated heterocycles. The second-order valence-corrected chi connectivity index (χ2v) is 8.81. The van der Waals surface area contributed by atoms with Gasteiger partial charge in [-0.15, -0.1) is 0 Å². The fourth-order valence-electron chi connectivity index (χ4n) is 4.13. The van der Waals surface area contributed by atoms with Crippen LogP contribution in [0.5, 0.6) is 0 Å². The minimum atomic E-state index is -0.758. The molecular formula is C23H21ClN8O3. The smallest absolute Gasteiger partial charge is 0.255 e. The Morgan fingerprint density at radius 1 is 1.40 bits per heavy atom. The molecule has 0 aliphatic carbocycles. The van der Waals surface area contributed by atoms with Crippen molar-refractivity contribution in [2.24, 2.45) is 5.92 Å². The van der Waals surface area contributed by atoms with Gasteiger partial charge in [0.2, 0.25) is 5.91 Å². The van der Waals surface area contributed by atoms with E-state index in [0.29, 0.717) is 40.7 Å². The van der Waals surface area contributed by atoms with Crippen LogP contribution in [0, 0.1) is 17.2 Å². The van der Waals surface area contributed by atoms with Crippen LogP contribution in [0.2, 0.25) is 5.02 Å². The Morgan fingerprint density at radius 2 is 2.20 bits per heavy atom. The van der Waals surface area contributed by atoms with Gasteiger partial charge in [0, 0.05) is 29.7 Å². The zero-order valence-electron chi connectivity index (χ0n) is 18.7. The first-order valence-electron chi connectivity index (χ1n) is 11.0. The summed E-state index contributed by atoms with van der Waals surface area (Å²) in [6.45, 7) is 2.54. The van der Waals surface area contributed by atoms with Gasteiger partial charge in [-0.25, -0.2) is 9.97 Å². The van der Waals surface area contributed by atoms with Crippen molar-refractivity contribution < 1.29 is 14.7 Å². The molecule has 3 N–H and O–H groups in total. The third-order valence-electron chi connectivity index (χ3n) is 5.99. The summed E-state index contributed by atoms with van der Waals surface area (Å²) in [5.41, 5.74) is 2.73. The van der Waals surface area contributed by atoms with E-state index >= 15 is 0 Å². The second kappa shape index (κ2) is 8.98.